The van der Waals surface area contributed by atoms with Crippen LogP contribution in [0.15, 0.2) is 18.2 Å². The molecule has 0 spiro atoms. The Kier molecular flexibility index (Phi) is 3.10. The number of hydrazine groups is 1. The molecule has 0 bridgehead atoms. The Morgan fingerprint density at radius 3 is 3.18 bits per heavy atom. The van der Waals surface area contributed by atoms with E-state index < -0.39 is 12.0 Å². The maximum Gasteiger partial charge on any atom is 0.411 e. The Bertz CT molecular complexity index is 461. The van der Waals surface area contributed by atoms with Crippen molar-refractivity contribution < 1.29 is 19.1 Å². The van der Waals surface area contributed by atoms with Crippen molar-refractivity contribution in [1.29, 1.82) is 0 Å². The number of hydrogen-bond acceptors (Lipinski definition) is 5. The molecule has 0 aliphatic carbocycles. The second kappa shape index (κ2) is 4.71. The van der Waals surface area contributed by atoms with Crippen molar-refractivity contribution in [2.45, 2.75) is 6.61 Å². The summed E-state index contributed by atoms with van der Waals surface area (Å²) in [4.78, 5) is 21.8. The van der Waals surface area contributed by atoms with Crippen LogP contribution >= 0.6 is 0 Å². The van der Waals surface area contributed by atoms with Crippen LogP contribution in [0.2, 0.25) is 0 Å². The van der Waals surface area contributed by atoms with Crippen LogP contribution in [0.25, 0.3) is 0 Å². The Balaban J connectivity index is 2.06. The number of hydrogen-bond donors (Lipinski definition) is 3. The lowest BCUT2D eigenvalue weighted by atomic mass is 10.1. The summed E-state index contributed by atoms with van der Waals surface area (Å²) in [7, 11) is 0. The van der Waals surface area contributed by atoms with Crippen molar-refractivity contribution in [2.24, 2.45) is 5.84 Å². The largest absolute Gasteiger partial charge is 0.484 e. The van der Waals surface area contributed by atoms with Crippen LogP contribution in [0.5, 0.6) is 5.75 Å². The first-order valence-corrected chi connectivity index (χ1v) is 4.88. The van der Waals surface area contributed by atoms with Gasteiger partial charge in [-0.1, -0.05) is 0 Å². The van der Waals surface area contributed by atoms with Gasteiger partial charge in [0, 0.05) is 5.56 Å². The van der Waals surface area contributed by atoms with Gasteiger partial charge in [-0.05, 0) is 18.2 Å². The molecule has 0 radical (unpaired) electrons. The zero-order valence-corrected chi connectivity index (χ0v) is 8.86. The summed E-state index contributed by atoms with van der Waals surface area (Å²) in [6, 6.07) is 5.03. The van der Waals surface area contributed by atoms with E-state index in [1.807, 2.05) is 5.43 Å². The molecule has 7 heteroatoms. The molecule has 90 valence electrons. The fourth-order valence-corrected chi connectivity index (χ4v) is 1.38. The van der Waals surface area contributed by atoms with Crippen molar-refractivity contribution in [1.82, 2.24) is 5.43 Å². The van der Waals surface area contributed by atoms with E-state index in [0.29, 0.717) is 11.4 Å². The molecule has 17 heavy (non-hydrogen) atoms. The van der Waals surface area contributed by atoms with Crippen molar-refractivity contribution in [3.63, 3.8) is 0 Å². The quantitative estimate of drug-likeness (QED) is 0.393. The molecule has 0 saturated carbocycles. The fourth-order valence-electron chi connectivity index (χ4n) is 1.38. The Labute approximate surface area is 96.8 Å². The summed E-state index contributed by atoms with van der Waals surface area (Å²) < 4.78 is 9.99. The molecule has 1 aliphatic heterocycles. The standard InChI is InChI=1S/C10H11N3O4/c11-13-9(14)5-16-7-1-2-8-6(3-7)4-17-10(15)12-8/h1-3H,4-5,11H2,(H,12,15)(H,13,14). The highest BCUT2D eigenvalue weighted by atomic mass is 16.5. The van der Waals surface area contributed by atoms with Gasteiger partial charge in [-0.3, -0.25) is 15.5 Å². The molecular formula is C10H11N3O4. The number of carbonyl (C=O) groups is 2. The molecule has 1 aliphatic rings. The Morgan fingerprint density at radius 2 is 2.41 bits per heavy atom. The van der Waals surface area contributed by atoms with Gasteiger partial charge in [0.2, 0.25) is 0 Å². The number of rotatable bonds is 3. The van der Waals surface area contributed by atoms with Gasteiger partial charge in [-0.25, -0.2) is 10.6 Å². The van der Waals surface area contributed by atoms with Crippen molar-refractivity contribution >= 4 is 17.7 Å². The van der Waals surface area contributed by atoms with Gasteiger partial charge >= 0.3 is 6.09 Å². The molecule has 1 aromatic carbocycles. The molecule has 0 fully saturated rings. The van der Waals surface area contributed by atoms with Crippen LogP contribution in [-0.4, -0.2) is 18.6 Å². The third kappa shape index (κ3) is 2.64. The lowest BCUT2D eigenvalue weighted by molar-refractivity contribution is -0.123. The van der Waals surface area contributed by atoms with Crippen molar-refractivity contribution in [3.05, 3.63) is 23.8 Å². The summed E-state index contributed by atoms with van der Waals surface area (Å²) in [6.45, 7) is 0.0178. The third-order valence-corrected chi connectivity index (χ3v) is 2.20. The van der Waals surface area contributed by atoms with E-state index in [1.165, 1.54) is 0 Å². The third-order valence-electron chi connectivity index (χ3n) is 2.20. The zero-order chi connectivity index (χ0) is 12.3. The molecule has 2 rings (SSSR count). The van der Waals surface area contributed by atoms with Gasteiger partial charge < -0.3 is 9.47 Å². The molecule has 0 unspecified atom stereocenters. The highest BCUT2D eigenvalue weighted by Gasteiger charge is 2.16. The highest BCUT2D eigenvalue weighted by molar-refractivity contribution is 5.87. The van der Waals surface area contributed by atoms with E-state index >= 15 is 0 Å². The number of nitrogens with two attached hydrogens (primary N) is 1. The zero-order valence-electron chi connectivity index (χ0n) is 8.86. The molecular weight excluding hydrogens is 226 g/mol. The normalized spacial score (nSPS) is 13.1. The molecule has 1 aromatic rings. The predicted molar refractivity (Wildman–Crippen MR) is 58.1 cm³/mol. The van der Waals surface area contributed by atoms with Crippen molar-refractivity contribution in [2.75, 3.05) is 11.9 Å². The minimum Gasteiger partial charge on any atom is -0.484 e. The van der Waals surface area contributed by atoms with E-state index in [4.69, 9.17) is 15.3 Å². The smallest absolute Gasteiger partial charge is 0.411 e. The van der Waals surface area contributed by atoms with Crippen LogP contribution in [0.1, 0.15) is 5.56 Å². The molecule has 0 atom stereocenters. The highest BCUT2D eigenvalue weighted by Crippen LogP contribution is 2.25. The number of cyclic esters (lactones) is 1. The average Bonchev–Trinajstić information content (AvgIpc) is 2.35. The molecule has 7 nitrogen and oxygen atoms in total. The Hall–Kier alpha value is -2.28. The topological polar surface area (TPSA) is 103 Å². The maximum atomic E-state index is 10.9. The Morgan fingerprint density at radius 1 is 1.59 bits per heavy atom. The number of carbonyl (C=O) groups excluding carboxylic acids is 2. The SMILES string of the molecule is NNC(=O)COc1ccc2c(c1)COC(=O)N2. The number of amides is 2. The second-order valence-corrected chi connectivity index (χ2v) is 3.38. The summed E-state index contributed by atoms with van der Waals surface area (Å²) in [5, 5.41) is 2.55. The second-order valence-electron chi connectivity index (χ2n) is 3.38. The summed E-state index contributed by atoms with van der Waals surface area (Å²) in [5.74, 6) is 5.00. The predicted octanol–water partition coefficient (Wildman–Crippen LogP) is 0.117. The fraction of sp³-hybridized carbons (Fsp3) is 0.200. The van der Waals surface area contributed by atoms with Crippen LogP contribution in [0, 0.1) is 0 Å². The average molecular weight is 237 g/mol. The first-order valence-electron chi connectivity index (χ1n) is 4.88. The monoisotopic (exact) mass is 237 g/mol. The van der Waals surface area contributed by atoms with E-state index in [9.17, 15) is 9.59 Å². The molecule has 2 amide bonds. The molecule has 0 aromatic heterocycles. The van der Waals surface area contributed by atoms with Gasteiger partial charge in [-0.15, -0.1) is 0 Å². The molecule has 1 heterocycles. The minimum atomic E-state index is -0.478. The number of ether oxygens (including phenoxy) is 2. The number of benzene rings is 1. The maximum absolute atomic E-state index is 10.9. The van der Waals surface area contributed by atoms with E-state index in [0.717, 1.165) is 5.56 Å². The first-order chi connectivity index (χ1) is 8.19. The molecule has 0 saturated heterocycles. The lowest BCUT2D eigenvalue weighted by Gasteiger charge is -2.18. The number of nitrogens with one attached hydrogen (secondary N) is 2. The minimum absolute atomic E-state index is 0.164. The van der Waals surface area contributed by atoms with E-state index in [1.54, 1.807) is 18.2 Å². The van der Waals surface area contributed by atoms with Crippen LogP contribution < -0.4 is 21.3 Å². The summed E-state index contributed by atoms with van der Waals surface area (Å²) >= 11 is 0. The van der Waals surface area contributed by atoms with Gasteiger partial charge in [-0.2, -0.15) is 0 Å². The van der Waals surface area contributed by atoms with Crippen molar-refractivity contribution in [3.8, 4) is 5.75 Å². The van der Waals surface area contributed by atoms with Gasteiger partial charge in [0.25, 0.3) is 5.91 Å². The van der Waals surface area contributed by atoms with E-state index in [-0.39, 0.29) is 13.2 Å². The van der Waals surface area contributed by atoms with Gasteiger partial charge in [0.15, 0.2) is 6.61 Å². The first kappa shape index (κ1) is 11.2. The molecule has 4 N–H and O–H groups in total. The summed E-state index contributed by atoms with van der Waals surface area (Å²) in [5.41, 5.74) is 3.42. The van der Waals surface area contributed by atoms with Gasteiger partial charge in [0.05, 0.1) is 5.69 Å². The number of fused-ring (bicyclic) bond motifs is 1. The van der Waals surface area contributed by atoms with E-state index in [2.05, 4.69) is 5.32 Å². The summed E-state index contributed by atoms with van der Waals surface area (Å²) in [6.07, 6.45) is -0.478. The number of anilines is 1. The van der Waals surface area contributed by atoms with Crippen LogP contribution in [0.3, 0.4) is 0 Å². The van der Waals surface area contributed by atoms with Gasteiger partial charge in [0.1, 0.15) is 12.4 Å². The lowest BCUT2D eigenvalue weighted by Crippen LogP contribution is -2.34. The van der Waals surface area contributed by atoms with Crippen LogP contribution in [-0.2, 0) is 16.1 Å². The van der Waals surface area contributed by atoms with Crippen LogP contribution in [0.4, 0.5) is 10.5 Å².